The lowest BCUT2D eigenvalue weighted by atomic mass is 10.2. The van der Waals surface area contributed by atoms with Crippen LogP contribution in [0.2, 0.25) is 0 Å². The van der Waals surface area contributed by atoms with Crippen LogP contribution in [0.15, 0.2) is 0 Å². The molecule has 0 radical (unpaired) electrons. The van der Waals surface area contributed by atoms with Gasteiger partial charge in [-0.25, -0.2) is 0 Å². The van der Waals surface area contributed by atoms with Crippen molar-refractivity contribution in [3.63, 3.8) is 0 Å². The summed E-state index contributed by atoms with van der Waals surface area (Å²) in [6, 6.07) is -0.425. The van der Waals surface area contributed by atoms with Crippen LogP contribution in [0.1, 0.15) is 6.42 Å². The van der Waals surface area contributed by atoms with E-state index < -0.39 is 6.04 Å². The molecule has 0 aromatic carbocycles. The fraction of sp³-hybridized carbons (Fsp3) is 0.625. The maximum absolute atomic E-state index is 11.1. The van der Waals surface area contributed by atoms with Gasteiger partial charge in [0.15, 0.2) is 0 Å². The highest BCUT2D eigenvalue weighted by Gasteiger charge is 2.10. The summed E-state index contributed by atoms with van der Waals surface area (Å²) in [7, 11) is 0. The molecule has 4 heteroatoms. The van der Waals surface area contributed by atoms with Crippen LogP contribution < -0.4 is 11.1 Å². The Morgan fingerprint density at radius 2 is 2.50 bits per heavy atom. The van der Waals surface area contributed by atoms with Gasteiger partial charge < -0.3 is 11.1 Å². The highest BCUT2D eigenvalue weighted by molar-refractivity contribution is 7.98. The minimum Gasteiger partial charge on any atom is -0.344 e. The Balaban J connectivity index is 3.55. The van der Waals surface area contributed by atoms with E-state index in [1.54, 1.807) is 11.8 Å². The van der Waals surface area contributed by atoms with E-state index in [4.69, 9.17) is 12.2 Å². The molecule has 0 aliphatic carbocycles. The lowest BCUT2D eigenvalue weighted by Gasteiger charge is -2.09. The average molecular weight is 186 g/mol. The van der Waals surface area contributed by atoms with Crippen LogP contribution in [-0.4, -0.2) is 30.5 Å². The lowest BCUT2D eigenvalue weighted by molar-refractivity contribution is -0.122. The highest BCUT2D eigenvalue weighted by Crippen LogP contribution is 1.98. The van der Waals surface area contributed by atoms with E-state index >= 15 is 0 Å². The zero-order valence-corrected chi connectivity index (χ0v) is 7.99. The fourth-order valence-electron chi connectivity index (χ4n) is 0.645. The Morgan fingerprint density at radius 3 is 3.00 bits per heavy atom. The predicted molar refractivity (Wildman–Crippen MR) is 52.8 cm³/mol. The van der Waals surface area contributed by atoms with Gasteiger partial charge in [0.05, 0.1) is 12.6 Å². The largest absolute Gasteiger partial charge is 0.344 e. The number of hydrogen-bond donors (Lipinski definition) is 2. The van der Waals surface area contributed by atoms with Crippen LogP contribution >= 0.6 is 11.8 Å². The van der Waals surface area contributed by atoms with E-state index in [2.05, 4.69) is 11.2 Å². The highest BCUT2D eigenvalue weighted by atomic mass is 32.2. The lowest BCUT2D eigenvalue weighted by Crippen LogP contribution is -2.41. The summed E-state index contributed by atoms with van der Waals surface area (Å²) >= 11 is 1.67. The van der Waals surface area contributed by atoms with Gasteiger partial charge in [0.2, 0.25) is 5.91 Å². The van der Waals surface area contributed by atoms with E-state index in [9.17, 15) is 4.79 Å². The standard InChI is InChI=1S/C8H14N2OS/c1-3-5-10-8(11)7(9)4-6-12-2/h1,7H,4-6,9H2,2H3,(H,10,11). The summed E-state index contributed by atoms with van der Waals surface area (Å²) in [5.74, 6) is 3.05. The summed E-state index contributed by atoms with van der Waals surface area (Å²) in [5, 5.41) is 2.53. The molecule has 3 N–H and O–H groups in total. The maximum Gasteiger partial charge on any atom is 0.237 e. The quantitative estimate of drug-likeness (QED) is 0.585. The van der Waals surface area contributed by atoms with E-state index in [0.717, 1.165) is 5.75 Å². The van der Waals surface area contributed by atoms with Gasteiger partial charge in [-0.15, -0.1) is 6.42 Å². The van der Waals surface area contributed by atoms with Crippen molar-refractivity contribution in [3.8, 4) is 12.3 Å². The molecule has 12 heavy (non-hydrogen) atoms. The number of nitrogens with one attached hydrogen (secondary N) is 1. The molecular weight excluding hydrogens is 172 g/mol. The van der Waals surface area contributed by atoms with Gasteiger partial charge >= 0.3 is 0 Å². The van der Waals surface area contributed by atoms with Crippen LogP contribution in [-0.2, 0) is 4.79 Å². The molecule has 0 bridgehead atoms. The summed E-state index contributed by atoms with van der Waals surface area (Å²) in [5.41, 5.74) is 5.55. The van der Waals surface area contributed by atoms with Crippen LogP contribution in [0.25, 0.3) is 0 Å². The molecule has 0 saturated heterocycles. The van der Waals surface area contributed by atoms with Crippen molar-refractivity contribution >= 4 is 17.7 Å². The van der Waals surface area contributed by atoms with Crippen molar-refractivity contribution in [1.82, 2.24) is 5.32 Å². The average Bonchev–Trinajstić information content (AvgIpc) is 2.10. The van der Waals surface area contributed by atoms with Crippen molar-refractivity contribution in [1.29, 1.82) is 0 Å². The first kappa shape index (κ1) is 11.3. The summed E-state index contributed by atoms with van der Waals surface area (Å²) in [6.45, 7) is 0.256. The number of carbonyl (C=O) groups excluding carboxylic acids is 1. The molecule has 1 amide bonds. The van der Waals surface area contributed by atoms with Crippen molar-refractivity contribution < 1.29 is 4.79 Å². The molecule has 0 fully saturated rings. The number of hydrogen-bond acceptors (Lipinski definition) is 3. The SMILES string of the molecule is C#CCNC(=O)C(N)CCSC. The Kier molecular flexibility index (Phi) is 6.63. The topological polar surface area (TPSA) is 55.1 Å². The molecule has 0 rings (SSSR count). The van der Waals surface area contributed by atoms with Crippen molar-refractivity contribution in [2.75, 3.05) is 18.6 Å². The monoisotopic (exact) mass is 186 g/mol. The second kappa shape index (κ2) is 7.01. The van der Waals surface area contributed by atoms with Gasteiger partial charge in [0.1, 0.15) is 0 Å². The molecule has 1 unspecified atom stereocenters. The molecule has 68 valence electrons. The third kappa shape index (κ3) is 5.05. The number of rotatable bonds is 5. The van der Waals surface area contributed by atoms with Crippen LogP contribution in [0.3, 0.4) is 0 Å². The number of amides is 1. The maximum atomic E-state index is 11.1. The number of carbonyl (C=O) groups is 1. The zero-order chi connectivity index (χ0) is 9.40. The molecule has 0 aromatic heterocycles. The van der Waals surface area contributed by atoms with Crippen molar-refractivity contribution in [2.45, 2.75) is 12.5 Å². The van der Waals surface area contributed by atoms with Gasteiger partial charge in [0.25, 0.3) is 0 Å². The molecule has 0 aliphatic heterocycles. The Hall–Kier alpha value is -0.660. The van der Waals surface area contributed by atoms with Gasteiger partial charge in [-0.3, -0.25) is 4.79 Å². The zero-order valence-electron chi connectivity index (χ0n) is 7.17. The summed E-state index contributed by atoms with van der Waals surface area (Å²) < 4.78 is 0. The van der Waals surface area contributed by atoms with Gasteiger partial charge in [0, 0.05) is 0 Å². The smallest absolute Gasteiger partial charge is 0.237 e. The molecule has 1 atom stereocenters. The number of thioether (sulfide) groups is 1. The van der Waals surface area contributed by atoms with E-state index in [0.29, 0.717) is 6.42 Å². The molecule has 3 nitrogen and oxygen atoms in total. The third-order valence-corrected chi connectivity index (χ3v) is 1.98. The number of terminal acetylenes is 1. The molecular formula is C8H14N2OS. The molecule has 0 aliphatic rings. The Labute approximate surface area is 77.5 Å². The van der Waals surface area contributed by atoms with Crippen LogP contribution in [0.4, 0.5) is 0 Å². The minimum absolute atomic E-state index is 0.165. The second-order valence-electron chi connectivity index (χ2n) is 2.31. The van der Waals surface area contributed by atoms with E-state index in [1.807, 2.05) is 6.26 Å². The van der Waals surface area contributed by atoms with E-state index in [-0.39, 0.29) is 12.5 Å². The van der Waals surface area contributed by atoms with Gasteiger partial charge in [-0.2, -0.15) is 11.8 Å². The predicted octanol–water partition coefficient (Wildman–Crippen LogP) is -0.184. The molecule has 0 aromatic rings. The van der Waals surface area contributed by atoms with Crippen LogP contribution in [0, 0.1) is 12.3 Å². The first-order valence-corrected chi connectivity index (χ1v) is 5.07. The summed E-state index contributed by atoms with van der Waals surface area (Å²) in [6.07, 6.45) is 7.64. The Morgan fingerprint density at radius 1 is 1.83 bits per heavy atom. The van der Waals surface area contributed by atoms with Gasteiger partial charge in [-0.1, -0.05) is 5.92 Å². The van der Waals surface area contributed by atoms with Gasteiger partial charge in [-0.05, 0) is 18.4 Å². The summed E-state index contributed by atoms with van der Waals surface area (Å²) in [4.78, 5) is 11.1. The van der Waals surface area contributed by atoms with Crippen molar-refractivity contribution in [2.24, 2.45) is 5.73 Å². The normalized spacial score (nSPS) is 11.8. The first-order chi connectivity index (χ1) is 5.72. The fourth-order valence-corrected chi connectivity index (χ4v) is 1.13. The number of nitrogens with two attached hydrogens (primary N) is 1. The third-order valence-electron chi connectivity index (χ3n) is 1.33. The minimum atomic E-state index is -0.425. The molecule has 0 spiro atoms. The Bertz CT molecular complexity index is 176. The molecule has 0 heterocycles. The van der Waals surface area contributed by atoms with E-state index in [1.165, 1.54) is 0 Å². The second-order valence-corrected chi connectivity index (χ2v) is 3.30. The first-order valence-electron chi connectivity index (χ1n) is 3.68. The molecule has 0 saturated carbocycles. The van der Waals surface area contributed by atoms with Crippen LogP contribution in [0.5, 0.6) is 0 Å². The van der Waals surface area contributed by atoms with Crippen molar-refractivity contribution in [3.05, 3.63) is 0 Å².